The third-order valence-corrected chi connectivity index (χ3v) is 7.42. The number of hydrogen-bond acceptors (Lipinski definition) is 8. The number of nitrogens with one attached hydrogen (secondary N) is 1. The van der Waals surface area contributed by atoms with Gasteiger partial charge in [-0.05, 0) is 49.5 Å². The van der Waals surface area contributed by atoms with Gasteiger partial charge in [-0.2, -0.15) is 0 Å². The first kappa shape index (κ1) is 21.2. The molecule has 2 fully saturated rings. The Kier molecular flexibility index (Phi) is 6.62. The third-order valence-electron chi connectivity index (χ3n) is 5.56. The summed E-state index contributed by atoms with van der Waals surface area (Å²) in [5.74, 6) is 7.29. The molecule has 10 heteroatoms. The van der Waals surface area contributed by atoms with Crippen LogP contribution in [-0.2, 0) is 9.53 Å². The fraction of sp³-hybridized carbons (Fsp3) is 0.600. The molecule has 0 spiro atoms. The molecule has 0 saturated heterocycles. The predicted molar refractivity (Wildman–Crippen MR) is 118 cm³/mol. The number of thioether (sulfide) groups is 1. The maximum absolute atomic E-state index is 12.6. The van der Waals surface area contributed by atoms with Gasteiger partial charge in [-0.15, -0.1) is 21.5 Å². The Bertz CT molecular complexity index is 916. The summed E-state index contributed by atoms with van der Waals surface area (Å²) >= 11 is 2.62. The number of nitrogens with two attached hydrogens (primary N) is 1. The fourth-order valence-corrected chi connectivity index (χ4v) is 5.60. The maximum atomic E-state index is 12.6. The molecule has 0 bridgehead atoms. The van der Waals surface area contributed by atoms with Crippen molar-refractivity contribution in [3.63, 3.8) is 0 Å². The number of anilines is 1. The second kappa shape index (κ2) is 9.38. The number of carbonyl (C=O) groups excluding carboxylic acids is 2. The Balaban J connectivity index is 1.39. The van der Waals surface area contributed by atoms with Crippen molar-refractivity contribution in [1.82, 2.24) is 14.9 Å². The molecular formula is C20H27N5O3S2. The summed E-state index contributed by atoms with van der Waals surface area (Å²) < 4.78 is 6.73. The van der Waals surface area contributed by atoms with Crippen LogP contribution in [0.2, 0.25) is 0 Å². The second-order valence-corrected chi connectivity index (χ2v) is 9.59. The van der Waals surface area contributed by atoms with Crippen molar-refractivity contribution in [2.75, 3.05) is 23.5 Å². The quantitative estimate of drug-likeness (QED) is 0.357. The molecule has 8 nitrogen and oxygen atoms in total. The predicted octanol–water partition coefficient (Wildman–Crippen LogP) is 3.89. The second-order valence-electron chi connectivity index (χ2n) is 7.77. The van der Waals surface area contributed by atoms with Crippen LogP contribution in [0.25, 0.3) is 0 Å². The van der Waals surface area contributed by atoms with Crippen LogP contribution in [0.4, 0.5) is 5.00 Å². The molecule has 0 aliphatic heterocycles. The van der Waals surface area contributed by atoms with Gasteiger partial charge in [0, 0.05) is 5.92 Å². The monoisotopic (exact) mass is 449 g/mol. The molecule has 0 unspecified atom stereocenters. The third kappa shape index (κ3) is 4.64. The van der Waals surface area contributed by atoms with E-state index in [4.69, 9.17) is 10.6 Å². The molecule has 1 amide bonds. The van der Waals surface area contributed by atoms with E-state index in [1.807, 2.05) is 5.38 Å². The molecular weight excluding hydrogens is 422 g/mol. The average molecular weight is 450 g/mol. The Morgan fingerprint density at radius 1 is 1.23 bits per heavy atom. The highest BCUT2D eigenvalue weighted by Gasteiger charge is 2.32. The lowest BCUT2D eigenvalue weighted by Crippen LogP contribution is -2.20. The van der Waals surface area contributed by atoms with Crippen LogP contribution < -0.4 is 11.2 Å². The first-order valence-electron chi connectivity index (χ1n) is 10.5. The van der Waals surface area contributed by atoms with Gasteiger partial charge < -0.3 is 15.9 Å². The number of esters is 1. The summed E-state index contributed by atoms with van der Waals surface area (Å²) in [7, 11) is 0. The zero-order valence-electron chi connectivity index (χ0n) is 17.1. The van der Waals surface area contributed by atoms with Crippen LogP contribution in [0, 0.1) is 0 Å². The Morgan fingerprint density at radius 2 is 2.00 bits per heavy atom. The normalized spacial score (nSPS) is 17.1. The number of nitrogens with zero attached hydrogens (tertiary/aromatic N) is 3. The summed E-state index contributed by atoms with van der Waals surface area (Å²) in [4.78, 5) is 25.0. The minimum Gasteiger partial charge on any atom is -0.462 e. The van der Waals surface area contributed by atoms with Gasteiger partial charge in [0.05, 0.1) is 17.9 Å². The van der Waals surface area contributed by atoms with E-state index in [9.17, 15) is 9.59 Å². The topological polar surface area (TPSA) is 112 Å². The highest BCUT2D eigenvalue weighted by Crippen LogP contribution is 2.46. The van der Waals surface area contributed by atoms with Crippen LogP contribution in [0.15, 0.2) is 10.5 Å². The van der Waals surface area contributed by atoms with Crippen molar-refractivity contribution in [1.29, 1.82) is 0 Å². The zero-order chi connectivity index (χ0) is 21.1. The van der Waals surface area contributed by atoms with Crippen molar-refractivity contribution in [3.8, 4) is 0 Å². The van der Waals surface area contributed by atoms with E-state index in [-0.39, 0.29) is 17.6 Å². The molecule has 2 saturated carbocycles. The molecule has 0 atom stereocenters. The number of nitrogen functional groups attached to an aromatic ring is 1. The molecule has 0 radical (unpaired) electrons. The van der Waals surface area contributed by atoms with E-state index in [0.717, 1.165) is 37.1 Å². The van der Waals surface area contributed by atoms with Gasteiger partial charge in [0.2, 0.25) is 11.1 Å². The lowest BCUT2D eigenvalue weighted by molar-refractivity contribution is -0.113. The highest BCUT2D eigenvalue weighted by atomic mass is 32.2. The number of hydrogen-bond donors (Lipinski definition) is 2. The smallest absolute Gasteiger partial charge is 0.341 e. The lowest BCUT2D eigenvalue weighted by Gasteiger charge is -2.20. The fourth-order valence-electron chi connectivity index (χ4n) is 3.89. The van der Waals surface area contributed by atoms with Gasteiger partial charge in [0.1, 0.15) is 5.00 Å². The van der Waals surface area contributed by atoms with Crippen molar-refractivity contribution < 1.29 is 14.3 Å². The summed E-state index contributed by atoms with van der Waals surface area (Å²) in [5.41, 5.74) is 1.49. The van der Waals surface area contributed by atoms with Gasteiger partial charge in [0.15, 0.2) is 5.82 Å². The molecule has 0 aromatic carbocycles. The number of carbonyl (C=O) groups is 2. The largest absolute Gasteiger partial charge is 0.462 e. The molecule has 3 N–H and O–H groups in total. The number of thiophene rings is 1. The van der Waals surface area contributed by atoms with Crippen molar-refractivity contribution in [2.24, 2.45) is 0 Å². The van der Waals surface area contributed by atoms with Gasteiger partial charge in [-0.25, -0.2) is 9.47 Å². The molecule has 2 aliphatic rings. The first-order valence-corrected chi connectivity index (χ1v) is 12.4. The summed E-state index contributed by atoms with van der Waals surface area (Å²) in [5, 5.41) is 14.4. The SMILES string of the molecule is CCOC(=O)c1c(C2CC2)csc1NC(=O)CSc1nnc(C2CCCCC2)n1N. The van der Waals surface area contributed by atoms with Crippen LogP contribution >= 0.6 is 23.1 Å². The average Bonchev–Trinajstić information content (AvgIpc) is 3.41. The lowest BCUT2D eigenvalue weighted by atomic mass is 9.89. The first-order chi connectivity index (χ1) is 14.6. The van der Waals surface area contributed by atoms with Gasteiger partial charge in [-0.1, -0.05) is 31.0 Å². The van der Waals surface area contributed by atoms with Gasteiger partial charge in [-0.3, -0.25) is 4.79 Å². The van der Waals surface area contributed by atoms with E-state index >= 15 is 0 Å². The number of rotatable bonds is 8. The Hall–Kier alpha value is -2.07. The van der Waals surface area contributed by atoms with E-state index in [0.29, 0.717) is 34.2 Å². The Labute approximate surface area is 183 Å². The van der Waals surface area contributed by atoms with Crippen molar-refractivity contribution >= 4 is 40.0 Å². The van der Waals surface area contributed by atoms with E-state index < -0.39 is 0 Å². The standard InChI is InChI=1S/C20H27N5O3S2/c1-2-28-19(27)16-14(12-8-9-12)10-29-18(16)22-15(26)11-30-20-24-23-17(25(20)21)13-6-4-3-5-7-13/h10,12-13H,2-9,11,21H2,1H3,(H,22,26). The molecule has 2 aromatic heterocycles. The highest BCUT2D eigenvalue weighted by molar-refractivity contribution is 7.99. The van der Waals surface area contributed by atoms with Crippen molar-refractivity contribution in [3.05, 3.63) is 22.3 Å². The molecule has 2 aliphatic carbocycles. The summed E-state index contributed by atoms with van der Waals surface area (Å²) in [6.07, 6.45) is 7.95. The minimum atomic E-state index is -0.373. The van der Waals surface area contributed by atoms with Crippen LogP contribution in [0.1, 0.15) is 85.5 Å². The van der Waals surface area contributed by atoms with Crippen LogP contribution in [0.5, 0.6) is 0 Å². The molecule has 2 aromatic rings. The number of amides is 1. The maximum Gasteiger partial charge on any atom is 0.341 e. The zero-order valence-corrected chi connectivity index (χ0v) is 18.7. The van der Waals surface area contributed by atoms with E-state index in [1.165, 1.54) is 47.0 Å². The Morgan fingerprint density at radius 3 is 2.70 bits per heavy atom. The molecule has 2 heterocycles. The van der Waals surface area contributed by atoms with Crippen molar-refractivity contribution in [2.45, 2.75) is 68.9 Å². The molecule has 4 rings (SSSR count). The molecule has 162 valence electrons. The van der Waals surface area contributed by atoms with Gasteiger partial charge in [0.25, 0.3) is 0 Å². The van der Waals surface area contributed by atoms with Crippen LogP contribution in [-0.4, -0.2) is 39.1 Å². The van der Waals surface area contributed by atoms with E-state index in [2.05, 4.69) is 15.5 Å². The molecule has 30 heavy (non-hydrogen) atoms. The minimum absolute atomic E-state index is 0.138. The summed E-state index contributed by atoms with van der Waals surface area (Å²) in [6, 6.07) is 0. The van der Waals surface area contributed by atoms with Crippen LogP contribution in [0.3, 0.4) is 0 Å². The number of aromatic nitrogens is 3. The van der Waals surface area contributed by atoms with Gasteiger partial charge >= 0.3 is 5.97 Å². The number of ether oxygens (including phenoxy) is 1. The summed E-state index contributed by atoms with van der Waals surface area (Å²) in [6.45, 7) is 2.08. The van der Waals surface area contributed by atoms with E-state index in [1.54, 1.807) is 6.92 Å².